The SMILES string of the molecule is C=C1C(=O)[C@]23CC[C@H]1CC2[C@]1(COC(=O)c2ccccc2)CCC[C@@](C)(COC(=O)c2ccccc2)C1C[C@H]3O. The molecule has 6 heteroatoms. The average Bonchev–Trinajstić information content (AvgIpc) is 2.99. The minimum absolute atomic E-state index is 0.00231. The molecule has 0 saturated heterocycles. The van der Waals surface area contributed by atoms with Crippen molar-refractivity contribution < 1.29 is 29.0 Å². The molecule has 2 bridgehead atoms. The predicted octanol–water partition coefficient (Wildman–Crippen LogP) is 5.80. The number of rotatable bonds is 6. The third kappa shape index (κ3) is 4.06. The lowest BCUT2D eigenvalue weighted by Crippen LogP contribution is -2.70. The van der Waals surface area contributed by atoms with Crippen LogP contribution in [0.25, 0.3) is 0 Å². The fraction of sp³-hybridized carbons (Fsp3) is 0.500. The second kappa shape index (κ2) is 9.99. The number of ketones is 1. The number of hydrogen-bond donors (Lipinski definition) is 1. The normalized spacial score (nSPS) is 36.4. The van der Waals surface area contributed by atoms with Gasteiger partial charge in [0.2, 0.25) is 0 Å². The summed E-state index contributed by atoms with van der Waals surface area (Å²) in [6.07, 6.45) is 4.34. The number of carbonyl (C=O) groups excluding carboxylic acids is 3. The first-order valence-corrected chi connectivity index (χ1v) is 14.6. The molecule has 2 aromatic carbocycles. The van der Waals surface area contributed by atoms with E-state index >= 15 is 0 Å². The molecule has 210 valence electrons. The van der Waals surface area contributed by atoms with Crippen LogP contribution in [0.15, 0.2) is 72.8 Å². The highest BCUT2D eigenvalue weighted by Crippen LogP contribution is 2.71. The van der Waals surface area contributed by atoms with E-state index in [0.717, 1.165) is 32.1 Å². The summed E-state index contributed by atoms with van der Waals surface area (Å²) in [5.74, 6) is -0.873. The van der Waals surface area contributed by atoms with Crippen LogP contribution in [0.2, 0.25) is 0 Å². The highest BCUT2D eigenvalue weighted by atomic mass is 16.5. The summed E-state index contributed by atoms with van der Waals surface area (Å²) in [4.78, 5) is 39.9. The number of benzene rings is 2. The highest BCUT2D eigenvalue weighted by Gasteiger charge is 2.71. The van der Waals surface area contributed by atoms with Crippen molar-refractivity contribution in [2.24, 2.45) is 34.0 Å². The molecule has 7 atom stereocenters. The lowest BCUT2D eigenvalue weighted by atomic mass is 9.35. The second-order valence-electron chi connectivity index (χ2n) is 12.8. The summed E-state index contributed by atoms with van der Waals surface area (Å²) < 4.78 is 12.0. The number of aliphatic hydroxyl groups excluding tert-OH is 1. The van der Waals surface area contributed by atoms with Gasteiger partial charge in [0.25, 0.3) is 0 Å². The maximum absolute atomic E-state index is 13.8. The fourth-order valence-corrected chi connectivity index (χ4v) is 9.00. The summed E-state index contributed by atoms with van der Waals surface area (Å²) in [5.41, 5.74) is -0.203. The van der Waals surface area contributed by atoms with Crippen LogP contribution in [0.1, 0.15) is 72.6 Å². The molecular weight excluding hydrogens is 504 g/mol. The van der Waals surface area contributed by atoms with E-state index in [1.54, 1.807) is 24.3 Å². The Morgan fingerprint density at radius 3 is 2.10 bits per heavy atom. The van der Waals surface area contributed by atoms with Gasteiger partial charge in [0.05, 0.1) is 35.9 Å². The number of esters is 2. The van der Waals surface area contributed by atoms with Crippen LogP contribution in [0.3, 0.4) is 0 Å². The van der Waals surface area contributed by atoms with Crippen molar-refractivity contribution in [2.75, 3.05) is 13.2 Å². The Kier molecular flexibility index (Phi) is 6.73. The molecule has 2 unspecified atom stereocenters. The van der Waals surface area contributed by atoms with Gasteiger partial charge in [-0.05, 0) is 86.1 Å². The van der Waals surface area contributed by atoms with Crippen LogP contribution in [0.4, 0.5) is 0 Å². The molecule has 0 radical (unpaired) electrons. The van der Waals surface area contributed by atoms with E-state index in [2.05, 4.69) is 13.5 Å². The maximum atomic E-state index is 13.8. The lowest BCUT2D eigenvalue weighted by molar-refractivity contribution is -0.233. The number of ether oxygens (including phenoxy) is 2. The summed E-state index contributed by atoms with van der Waals surface area (Å²) in [7, 11) is 0. The van der Waals surface area contributed by atoms with E-state index in [4.69, 9.17) is 9.47 Å². The van der Waals surface area contributed by atoms with Crippen molar-refractivity contribution in [2.45, 2.75) is 58.0 Å². The molecule has 5 fully saturated rings. The van der Waals surface area contributed by atoms with Crippen molar-refractivity contribution >= 4 is 17.7 Å². The van der Waals surface area contributed by atoms with Gasteiger partial charge in [-0.2, -0.15) is 0 Å². The molecule has 1 N–H and O–H groups in total. The summed E-state index contributed by atoms with van der Waals surface area (Å²) >= 11 is 0. The largest absolute Gasteiger partial charge is 0.462 e. The molecule has 0 heterocycles. The Morgan fingerprint density at radius 1 is 0.875 bits per heavy atom. The van der Waals surface area contributed by atoms with Crippen LogP contribution in [0.5, 0.6) is 0 Å². The van der Waals surface area contributed by atoms with Crippen molar-refractivity contribution in [3.05, 3.63) is 83.9 Å². The highest BCUT2D eigenvalue weighted by molar-refractivity contribution is 6.02. The number of fused-ring (bicyclic) bond motifs is 3. The molecule has 40 heavy (non-hydrogen) atoms. The first kappa shape index (κ1) is 26.9. The van der Waals surface area contributed by atoms with Crippen LogP contribution in [-0.4, -0.2) is 42.1 Å². The molecule has 0 aliphatic heterocycles. The third-order valence-electron chi connectivity index (χ3n) is 11.0. The predicted molar refractivity (Wildman–Crippen MR) is 149 cm³/mol. The first-order valence-electron chi connectivity index (χ1n) is 14.6. The third-order valence-corrected chi connectivity index (χ3v) is 11.0. The summed E-state index contributed by atoms with van der Waals surface area (Å²) in [5, 5.41) is 11.8. The van der Waals surface area contributed by atoms with Crippen molar-refractivity contribution in [1.29, 1.82) is 0 Å². The first-order chi connectivity index (χ1) is 19.2. The summed E-state index contributed by atoms with van der Waals surface area (Å²) in [6.45, 7) is 6.66. The van der Waals surface area contributed by atoms with Crippen molar-refractivity contribution in [3.63, 3.8) is 0 Å². The van der Waals surface area contributed by atoms with Gasteiger partial charge < -0.3 is 14.6 Å². The van der Waals surface area contributed by atoms with Crippen LogP contribution < -0.4 is 0 Å². The second-order valence-corrected chi connectivity index (χ2v) is 12.8. The smallest absolute Gasteiger partial charge is 0.338 e. The minimum Gasteiger partial charge on any atom is -0.462 e. The zero-order valence-electron chi connectivity index (χ0n) is 23.1. The molecule has 7 rings (SSSR count). The number of allylic oxidation sites excluding steroid dienone is 1. The van der Waals surface area contributed by atoms with E-state index in [1.807, 2.05) is 36.4 Å². The molecular formula is C34H38O6. The molecule has 0 aromatic heterocycles. The number of Topliss-reactive ketones (excluding diaryl/α,β-unsaturated/α-hetero) is 1. The van der Waals surface area contributed by atoms with Crippen molar-refractivity contribution in [1.82, 2.24) is 0 Å². The molecule has 5 aliphatic rings. The quantitative estimate of drug-likeness (QED) is 0.367. The molecule has 2 aromatic rings. The summed E-state index contributed by atoms with van der Waals surface area (Å²) in [6, 6.07) is 17.9. The standard InChI is InChI=1S/C34H38O6/c1-22-25-14-17-34(29(22)36)27(18-25)33(21-40-31(38)24-12-7-4-8-13-24)16-9-15-32(2,26(33)19-28(34)35)20-39-30(37)23-10-5-3-6-11-23/h3-8,10-13,25-28,35H,1,9,14-21H2,2H3/t25-,26?,27?,28+,32-,33-,34+/m0/s1. The lowest BCUT2D eigenvalue weighted by Gasteiger charge is -2.68. The maximum Gasteiger partial charge on any atom is 0.338 e. The number of carbonyl (C=O) groups is 3. The van der Waals surface area contributed by atoms with Gasteiger partial charge in [0.1, 0.15) is 0 Å². The van der Waals surface area contributed by atoms with Crippen LogP contribution >= 0.6 is 0 Å². The Labute approximate surface area is 235 Å². The Hall–Kier alpha value is -3.25. The van der Waals surface area contributed by atoms with Gasteiger partial charge in [-0.3, -0.25) is 4.79 Å². The molecule has 0 amide bonds. The fourth-order valence-electron chi connectivity index (χ4n) is 9.00. The minimum atomic E-state index is -0.888. The van der Waals surface area contributed by atoms with E-state index in [1.165, 1.54) is 0 Å². The number of aliphatic hydroxyl groups is 1. The van der Waals surface area contributed by atoms with Gasteiger partial charge >= 0.3 is 11.9 Å². The molecule has 5 aliphatic carbocycles. The Morgan fingerprint density at radius 2 is 1.48 bits per heavy atom. The van der Waals surface area contributed by atoms with Crippen molar-refractivity contribution in [3.8, 4) is 0 Å². The van der Waals surface area contributed by atoms with E-state index in [-0.39, 0.29) is 48.7 Å². The monoisotopic (exact) mass is 542 g/mol. The van der Waals surface area contributed by atoms with Gasteiger partial charge in [-0.25, -0.2) is 9.59 Å². The zero-order chi connectivity index (χ0) is 28.1. The average molecular weight is 543 g/mol. The Bertz CT molecular complexity index is 1320. The van der Waals surface area contributed by atoms with Gasteiger partial charge in [0.15, 0.2) is 5.78 Å². The molecule has 1 spiro atoms. The van der Waals surface area contributed by atoms with E-state index in [0.29, 0.717) is 29.5 Å². The molecule has 5 saturated carbocycles. The van der Waals surface area contributed by atoms with Gasteiger partial charge in [-0.1, -0.05) is 56.3 Å². The zero-order valence-corrected chi connectivity index (χ0v) is 23.1. The topological polar surface area (TPSA) is 89.9 Å². The Balaban J connectivity index is 1.35. The van der Waals surface area contributed by atoms with Gasteiger partial charge in [-0.15, -0.1) is 0 Å². The molecule has 6 nitrogen and oxygen atoms in total. The van der Waals surface area contributed by atoms with Crippen LogP contribution in [0, 0.1) is 34.0 Å². The van der Waals surface area contributed by atoms with E-state index in [9.17, 15) is 19.5 Å². The van der Waals surface area contributed by atoms with E-state index < -0.39 is 22.3 Å². The van der Waals surface area contributed by atoms with Gasteiger partial charge in [0, 0.05) is 10.8 Å². The van der Waals surface area contributed by atoms with Crippen LogP contribution in [-0.2, 0) is 14.3 Å². The number of hydrogen-bond acceptors (Lipinski definition) is 6.